The molecule has 154 valence electrons. The summed E-state index contributed by atoms with van der Waals surface area (Å²) in [6, 6.07) is 8.63. The van der Waals surface area contributed by atoms with Crippen molar-refractivity contribution in [2.75, 3.05) is 51.8 Å². The van der Waals surface area contributed by atoms with Gasteiger partial charge in [-0.2, -0.15) is 0 Å². The van der Waals surface area contributed by atoms with E-state index in [-0.39, 0.29) is 6.61 Å². The SMILES string of the molecule is CCOc1ccccc1CN1CCN(Cc2cnc(N(C)C)s2)C[C@@H]1CCO. The van der Waals surface area contributed by atoms with Crippen LogP contribution in [0.15, 0.2) is 30.5 Å². The van der Waals surface area contributed by atoms with Gasteiger partial charge in [0, 0.05) is 76.1 Å². The van der Waals surface area contributed by atoms with Gasteiger partial charge in [0.05, 0.1) is 6.61 Å². The zero-order valence-electron chi connectivity index (χ0n) is 17.2. The van der Waals surface area contributed by atoms with Crippen molar-refractivity contribution in [1.82, 2.24) is 14.8 Å². The number of para-hydroxylation sites is 1. The van der Waals surface area contributed by atoms with Gasteiger partial charge in [0.2, 0.25) is 0 Å². The van der Waals surface area contributed by atoms with E-state index in [2.05, 4.69) is 31.8 Å². The third-order valence-corrected chi connectivity index (χ3v) is 6.25. The van der Waals surface area contributed by atoms with Crippen LogP contribution in [0.1, 0.15) is 23.8 Å². The summed E-state index contributed by atoms with van der Waals surface area (Å²) in [5, 5.41) is 10.6. The summed E-state index contributed by atoms with van der Waals surface area (Å²) in [5.41, 5.74) is 1.22. The van der Waals surface area contributed by atoms with Crippen molar-refractivity contribution in [2.45, 2.75) is 32.5 Å². The summed E-state index contributed by atoms with van der Waals surface area (Å²) in [6.07, 6.45) is 2.78. The fourth-order valence-electron chi connectivity index (χ4n) is 3.68. The van der Waals surface area contributed by atoms with Gasteiger partial charge < -0.3 is 14.7 Å². The van der Waals surface area contributed by atoms with E-state index in [0.717, 1.165) is 50.0 Å². The van der Waals surface area contributed by atoms with E-state index < -0.39 is 0 Å². The first kappa shape index (κ1) is 21.0. The van der Waals surface area contributed by atoms with Crippen LogP contribution in [-0.4, -0.2) is 72.9 Å². The number of aliphatic hydroxyl groups excluding tert-OH is 1. The zero-order valence-corrected chi connectivity index (χ0v) is 18.0. The second-order valence-electron chi connectivity index (χ2n) is 7.42. The van der Waals surface area contributed by atoms with Gasteiger partial charge in [-0.25, -0.2) is 4.98 Å². The Bertz CT molecular complexity index is 737. The zero-order chi connectivity index (χ0) is 19.9. The third-order valence-electron chi connectivity index (χ3n) is 5.10. The number of hydrogen-bond acceptors (Lipinski definition) is 7. The lowest BCUT2D eigenvalue weighted by atomic mass is 10.1. The van der Waals surface area contributed by atoms with E-state index in [1.54, 1.807) is 11.3 Å². The highest BCUT2D eigenvalue weighted by atomic mass is 32.1. The summed E-state index contributed by atoms with van der Waals surface area (Å²) in [6.45, 7) is 7.68. The highest BCUT2D eigenvalue weighted by Gasteiger charge is 2.27. The molecule has 0 aliphatic carbocycles. The number of rotatable bonds is 9. The Balaban J connectivity index is 1.64. The van der Waals surface area contributed by atoms with Gasteiger partial charge in [-0.1, -0.05) is 18.2 Å². The minimum absolute atomic E-state index is 0.216. The standard InChI is InChI=1S/C21H32N4O2S/c1-4-27-20-8-6-5-7-17(20)14-25-11-10-24(15-18(25)9-12-26)16-19-13-22-21(28-19)23(2)3/h5-8,13,18,26H,4,9-12,14-16H2,1-3H3/t18-/m0/s1. The molecular formula is C21H32N4O2S. The van der Waals surface area contributed by atoms with Crippen LogP contribution >= 0.6 is 11.3 Å². The summed E-state index contributed by atoms with van der Waals surface area (Å²) in [5.74, 6) is 0.969. The Hall–Kier alpha value is -1.67. The molecule has 0 bridgehead atoms. The molecule has 1 saturated heterocycles. The number of hydrogen-bond donors (Lipinski definition) is 1. The Morgan fingerprint density at radius 1 is 1.25 bits per heavy atom. The minimum atomic E-state index is 0.216. The van der Waals surface area contributed by atoms with Crippen LogP contribution < -0.4 is 9.64 Å². The number of ether oxygens (including phenoxy) is 1. The van der Waals surface area contributed by atoms with Gasteiger partial charge in [-0.3, -0.25) is 9.80 Å². The molecule has 1 atom stereocenters. The van der Waals surface area contributed by atoms with Crippen LogP contribution in [0.3, 0.4) is 0 Å². The molecule has 0 spiro atoms. The smallest absolute Gasteiger partial charge is 0.185 e. The predicted octanol–water partition coefficient (Wildman–Crippen LogP) is 2.68. The summed E-state index contributed by atoms with van der Waals surface area (Å²) in [7, 11) is 4.05. The van der Waals surface area contributed by atoms with Crippen LogP contribution in [0.5, 0.6) is 5.75 Å². The summed E-state index contributed by atoms with van der Waals surface area (Å²) >= 11 is 1.75. The molecule has 28 heavy (non-hydrogen) atoms. The van der Waals surface area contributed by atoms with E-state index in [9.17, 15) is 5.11 Å². The quantitative estimate of drug-likeness (QED) is 0.694. The van der Waals surface area contributed by atoms with Crippen LogP contribution in [0.2, 0.25) is 0 Å². The van der Waals surface area contributed by atoms with Gasteiger partial charge in [0.25, 0.3) is 0 Å². The maximum Gasteiger partial charge on any atom is 0.185 e. The van der Waals surface area contributed by atoms with Gasteiger partial charge in [-0.15, -0.1) is 11.3 Å². The topological polar surface area (TPSA) is 52.1 Å². The molecule has 6 nitrogen and oxygen atoms in total. The van der Waals surface area contributed by atoms with Crippen molar-refractivity contribution < 1.29 is 9.84 Å². The summed E-state index contributed by atoms with van der Waals surface area (Å²) in [4.78, 5) is 12.8. The largest absolute Gasteiger partial charge is 0.494 e. The molecule has 3 rings (SSSR count). The fraction of sp³-hybridized carbons (Fsp3) is 0.571. The predicted molar refractivity (Wildman–Crippen MR) is 115 cm³/mol. The number of thiazole rings is 1. The van der Waals surface area contributed by atoms with Crippen molar-refractivity contribution in [1.29, 1.82) is 0 Å². The van der Waals surface area contributed by atoms with Gasteiger partial charge >= 0.3 is 0 Å². The molecule has 2 aromatic rings. The number of piperazine rings is 1. The van der Waals surface area contributed by atoms with Crippen molar-refractivity contribution in [3.63, 3.8) is 0 Å². The van der Waals surface area contributed by atoms with Crippen LogP contribution in [0, 0.1) is 0 Å². The number of nitrogens with zero attached hydrogens (tertiary/aromatic N) is 4. The third kappa shape index (κ3) is 5.44. The van der Waals surface area contributed by atoms with Crippen LogP contribution in [0.4, 0.5) is 5.13 Å². The van der Waals surface area contributed by atoms with E-state index in [1.807, 2.05) is 39.3 Å². The van der Waals surface area contributed by atoms with Crippen molar-refractivity contribution in [3.05, 3.63) is 40.9 Å². The number of anilines is 1. The Morgan fingerprint density at radius 3 is 2.79 bits per heavy atom. The second kappa shape index (κ2) is 10.2. The van der Waals surface area contributed by atoms with Crippen molar-refractivity contribution >= 4 is 16.5 Å². The molecule has 1 N–H and O–H groups in total. The van der Waals surface area contributed by atoms with E-state index >= 15 is 0 Å². The first-order valence-electron chi connectivity index (χ1n) is 10.0. The van der Waals surface area contributed by atoms with Crippen molar-refractivity contribution in [3.8, 4) is 5.75 Å². The molecular weight excluding hydrogens is 372 g/mol. The molecule has 7 heteroatoms. The van der Waals surface area contributed by atoms with Gasteiger partial charge in [0.1, 0.15) is 5.75 Å². The molecule has 1 fully saturated rings. The van der Waals surface area contributed by atoms with Crippen molar-refractivity contribution in [2.24, 2.45) is 0 Å². The monoisotopic (exact) mass is 404 g/mol. The Kier molecular flexibility index (Phi) is 7.67. The van der Waals surface area contributed by atoms with E-state index in [1.165, 1.54) is 10.4 Å². The van der Waals surface area contributed by atoms with Crippen LogP contribution in [0.25, 0.3) is 0 Å². The number of aromatic nitrogens is 1. The lowest BCUT2D eigenvalue weighted by Crippen LogP contribution is -2.52. The number of benzene rings is 1. The maximum absolute atomic E-state index is 9.60. The molecule has 0 saturated carbocycles. The van der Waals surface area contributed by atoms with Gasteiger partial charge in [0.15, 0.2) is 5.13 Å². The molecule has 0 radical (unpaired) electrons. The van der Waals surface area contributed by atoms with Crippen LogP contribution in [-0.2, 0) is 13.1 Å². The number of aliphatic hydroxyl groups is 1. The normalized spacial score (nSPS) is 18.4. The first-order chi connectivity index (χ1) is 13.6. The lowest BCUT2D eigenvalue weighted by Gasteiger charge is -2.41. The highest BCUT2D eigenvalue weighted by molar-refractivity contribution is 7.15. The molecule has 1 aliphatic rings. The Labute approximate surface area is 172 Å². The second-order valence-corrected chi connectivity index (χ2v) is 8.51. The van der Waals surface area contributed by atoms with Gasteiger partial charge in [-0.05, 0) is 19.4 Å². The molecule has 0 unspecified atom stereocenters. The maximum atomic E-state index is 9.60. The molecule has 0 amide bonds. The highest BCUT2D eigenvalue weighted by Crippen LogP contribution is 2.26. The molecule has 2 heterocycles. The minimum Gasteiger partial charge on any atom is -0.494 e. The first-order valence-corrected chi connectivity index (χ1v) is 10.8. The fourth-order valence-corrected chi connectivity index (χ4v) is 4.55. The molecule has 1 aliphatic heterocycles. The summed E-state index contributed by atoms with van der Waals surface area (Å²) < 4.78 is 5.80. The van der Waals surface area contributed by atoms with E-state index in [0.29, 0.717) is 12.6 Å². The average Bonchev–Trinajstić information content (AvgIpc) is 3.15. The van der Waals surface area contributed by atoms with E-state index in [4.69, 9.17) is 4.74 Å². The molecule has 1 aromatic heterocycles. The lowest BCUT2D eigenvalue weighted by molar-refractivity contribution is 0.0498. The Morgan fingerprint density at radius 2 is 2.07 bits per heavy atom. The average molecular weight is 405 g/mol. The molecule has 1 aromatic carbocycles.